The number of hydrogen-bond donors (Lipinski definition) is 0. The summed E-state index contributed by atoms with van der Waals surface area (Å²) in [4.78, 5) is 0. The number of nitrogens with zero attached hydrogens (tertiary/aromatic N) is 2. The Balaban J connectivity index is 1.58. The Labute approximate surface area is 236 Å². The Bertz CT molecular complexity index is 1860. The molecule has 40 heavy (non-hydrogen) atoms. The number of aromatic nitrogens is 1. The van der Waals surface area contributed by atoms with Crippen LogP contribution in [0.1, 0.15) is 25.7 Å². The average Bonchev–Trinajstić information content (AvgIpc) is 3.37. The third kappa shape index (κ3) is 3.84. The van der Waals surface area contributed by atoms with E-state index in [1.54, 1.807) is 0 Å². The topological polar surface area (TPSA) is 28.7 Å². The first-order valence-corrected chi connectivity index (χ1v) is 16.1. The van der Waals surface area contributed by atoms with Gasteiger partial charge < -0.3 is 4.57 Å². The largest absolute Gasteiger partial charge is 0.310 e. The number of allylic oxidation sites excluding steroid dienone is 8. The van der Waals surface area contributed by atoms with Gasteiger partial charge in [0.2, 0.25) is 0 Å². The molecule has 0 fully saturated rings. The molecule has 2 aliphatic carbocycles. The molecule has 0 amide bonds. The molecule has 0 unspecified atom stereocenters. The van der Waals surface area contributed by atoms with Crippen molar-refractivity contribution in [1.82, 2.24) is 4.57 Å². The second-order valence-electron chi connectivity index (χ2n) is 10.7. The minimum atomic E-state index is -2.72. The van der Waals surface area contributed by atoms with Crippen molar-refractivity contribution in [3.63, 3.8) is 0 Å². The van der Waals surface area contributed by atoms with Crippen molar-refractivity contribution in [2.75, 3.05) is 0 Å². The van der Waals surface area contributed by atoms with Crippen LogP contribution < -0.4 is 15.6 Å². The van der Waals surface area contributed by atoms with Gasteiger partial charge in [-0.15, -0.1) is 0 Å². The quantitative estimate of drug-likeness (QED) is 0.175. The van der Waals surface area contributed by atoms with Crippen molar-refractivity contribution in [2.24, 2.45) is 0 Å². The van der Waals surface area contributed by atoms with E-state index in [0.717, 1.165) is 31.3 Å². The van der Waals surface area contributed by atoms with Gasteiger partial charge in [0.25, 0.3) is 0 Å². The van der Waals surface area contributed by atoms with Crippen LogP contribution in [-0.4, -0.2) is 12.6 Å². The predicted molar refractivity (Wildman–Crippen MR) is 171 cm³/mol. The molecule has 7 rings (SSSR count). The molecule has 1 aromatic heterocycles. The van der Waals surface area contributed by atoms with E-state index in [-0.39, 0.29) is 0 Å². The van der Waals surface area contributed by atoms with Gasteiger partial charge in [0, 0.05) is 22.0 Å². The number of benzene rings is 4. The number of hydrogen-bond acceptors (Lipinski definition) is 1. The molecule has 5 aromatic rings. The zero-order valence-corrected chi connectivity index (χ0v) is 23.4. The minimum absolute atomic E-state index is 0.809. The highest BCUT2D eigenvalue weighted by atomic mass is 28.3. The van der Waals surface area contributed by atoms with Gasteiger partial charge in [-0.1, -0.05) is 109 Å². The third-order valence-electron chi connectivity index (χ3n) is 8.44. The van der Waals surface area contributed by atoms with E-state index in [0.29, 0.717) is 0 Å². The fraction of sp³-hybridized carbons (Fsp3) is 0.108. The van der Waals surface area contributed by atoms with Crippen LogP contribution in [0.5, 0.6) is 0 Å². The maximum atomic E-state index is 9.93. The van der Waals surface area contributed by atoms with E-state index in [4.69, 9.17) is 0 Å². The summed E-state index contributed by atoms with van der Waals surface area (Å²) in [5.41, 5.74) is 4.59. The van der Waals surface area contributed by atoms with Gasteiger partial charge in [0.1, 0.15) is 0 Å². The fourth-order valence-corrected chi connectivity index (χ4v) is 11.6. The average molecular weight is 531 g/mol. The molecule has 0 bridgehead atoms. The van der Waals surface area contributed by atoms with E-state index in [1.165, 1.54) is 48.3 Å². The van der Waals surface area contributed by atoms with Crippen molar-refractivity contribution in [1.29, 1.82) is 5.26 Å². The molecule has 1 heterocycles. The van der Waals surface area contributed by atoms with Crippen LogP contribution in [0.3, 0.4) is 0 Å². The Kier molecular flexibility index (Phi) is 6.19. The van der Waals surface area contributed by atoms with Crippen LogP contribution in [0.2, 0.25) is 0 Å². The van der Waals surface area contributed by atoms with Crippen molar-refractivity contribution < 1.29 is 0 Å². The highest BCUT2D eigenvalue weighted by Gasteiger charge is 2.43. The van der Waals surface area contributed by atoms with Crippen LogP contribution in [0.15, 0.2) is 144 Å². The first-order chi connectivity index (χ1) is 19.8. The third-order valence-corrected chi connectivity index (χ3v) is 13.2. The number of rotatable bonds is 5. The van der Waals surface area contributed by atoms with E-state index in [1.807, 2.05) is 0 Å². The van der Waals surface area contributed by atoms with Crippen molar-refractivity contribution in [3.05, 3.63) is 144 Å². The summed E-state index contributed by atoms with van der Waals surface area (Å²) in [6.07, 6.45) is 15.4. The monoisotopic (exact) mass is 530 g/mol. The highest BCUT2D eigenvalue weighted by molar-refractivity contribution is 7.16. The minimum Gasteiger partial charge on any atom is -0.310 e. The molecule has 0 spiro atoms. The highest BCUT2D eigenvalue weighted by Crippen LogP contribution is 2.34. The predicted octanol–water partition coefficient (Wildman–Crippen LogP) is 7.16. The first-order valence-electron chi connectivity index (χ1n) is 14.1. The molecule has 3 heteroatoms. The Hall–Kier alpha value is -4.65. The molecule has 0 N–H and O–H groups in total. The summed E-state index contributed by atoms with van der Waals surface area (Å²) in [7, 11) is -2.72. The van der Waals surface area contributed by atoms with Gasteiger partial charge in [-0.3, -0.25) is 0 Å². The first kappa shape index (κ1) is 24.4. The van der Waals surface area contributed by atoms with E-state index in [9.17, 15) is 5.26 Å². The second kappa shape index (κ2) is 10.1. The molecule has 0 aliphatic heterocycles. The summed E-state index contributed by atoms with van der Waals surface area (Å²) in [6.45, 7) is 0. The van der Waals surface area contributed by atoms with Gasteiger partial charge in [-0.2, -0.15) is 5.26 Å². The number of fused-ring (bicyclic) bond motifs is 3. The Morgan fingerprint density at radius 1 is 0.650 bits per heavy atom. The smallest absolute Gasteiger partial charge is 0.179 e. The van der Waals surface area contributed by atoms with Crippen LogP contribution >= 0.6 is 0 Å². The number of para-hydroxylation sites is 1. The zero-order valence-electron chi connectivity index (χ0n) is 22.4. The lowest BCUT2D eigenvalue weighted by Crippen LogP contribution is -2.68. The van der Waals surface area contributed by atoms with Crippen LogP contribution in [-0.2, 0) is 0 Å². The van der Waals surface area contributed by atoms with Gasteiger partial charge in [-0.05, 0) is 70.7 Å². The standard InChI is InChI=1S/C37H30N2Si/c38-27-28-13-12-20-32(25-28)40(30-16-6-2-7-17-30,31-18-8-3-9-19-31)33-23-24-37-35(26-33)34-21-10-11-22-36(34)39(37)29-14-4-1-5-15-29/h2-4,6-11,14-26H,1,5,12-13H2. The molecule has 0 radical (unpaired) electrons. The summed E-state index contributed by atoms with van der Waals surface area (Å²) in [5.74, 6) is 0. The molecule has 0 saturated heterocycles. The summed E-state index contributed by atoms with van der Waals surface area (Å²) in [5, 5.41) is 17.8. The van der Waals surface area contributed by atoms with Gasteiger partial charge >= 0.3 is 0 Å². The zero-order chi connectivity index (χ0) is 26.9. The van der Waals surface area contributed by atoms with E-state index in [2.05, 4.69) is 144 Å². The normalized spacial score (nSPS) is 15.4. The molecule has 4 aromatic carbocycles. The lowest BCUT2D eigenvalue weighted by atomic mass is 10.1. The van der Waals surface area contributed by atoms with Crippen molar-refractivity contribution in [3.8, 4) is 6.07 Å². The lowest BCUT2D eigenvalue weighted by molar-refractivity contribution is 0.988. The maximum Gasteiger partial charge on any atom is 0.179 e. The lowest BCUT2D eigenvalue weighted by Gasteiger charge is -2.36. The molecule has 2 nitrogen and oxygen atoms in total. The molecule has 0 saturated carbocycles. The van der Waals surface area contributed by atoms with Gasteiger partial charge in [0.15, 0.2) is 8.07 Å². The molecular formula is C37H30N2Si. The van der Waals surface area contributed by atoms with Crippen LogP contribution in [0, 0.1) is 11.3 Å². The van der Waals surface area contributed by atoms with Crippen molar-refractivity contribution in [2.45, 2.75) is 25.7 Å². The summed E-state index contributed by atoms with van der Waals surface area (Å²) in [6, 6.07) is 40.4. The molecule has 0 atom stereocenters. The number of nitriles is 1. The van der Waals surface area contributed by atoms with Gasteiger partial charge in [-0.25, -0.2) is 0 Å². The summed E-state index contributed by atoms with van der Waals surface area (Å²) < 4.78 is 2.42. The Morgan fingerprint density at radius 2 is 1.35 bits per heavy atom. The van der Waals surface area contributed by atoms with Crippen LogP contribution in [0.4, 0.5) is 0 Å². The fourth-order valence-electron chi connectivity index (χ4n) is 6.68. The molecule has 2 aliphatic rings. The summed E-state index contributed by atoms with van der Waals surface area (Å²) >= 11 is 0. The maximum absolute atomic E-state index is 9.93. The van der Waals surface area contributed by atoms with Gasteiger partial charge in [0.05, 0.1) is 17.1 Å². The SMILES string of the molecule is N#CC1=CC([Si](c2ccccc2)(c2ccccc2)c2ccc3c(c2)c2ccccc2n3C2=CCCC=C2)=CCC1. The second-order valence-corrected chi connectivity index (χ2v) is 14.5. The Morgan fingerprint density at radius 3 is 2.05 bits per heavy atom. The van der Waals surface area contributed by atoms with Crippen molar-refractivity contribution >= 4 is 51.1 Å². The molecule has 192 valence electrons. The molecular weight excluding hydrogens is 501 g/mol. The van der Waals surface area contributed by atoms with E-state index < -0.39 is 8.07 Å². The van der Waals surface area contributed by atoms with E-state index >= 15 is 0 Å². The van der Waals surface area contributed by atoms with Crippen LogP contribution in [0.25, 0.3) is 27.5 Å².